The molecule has 0 atom stereocenters. The Morgan fingerprint density at radius 2 is 2.00 bits per heavy atom. The Kier molecular flexibility index (Phi) is 3.11. The van der Waals surface area contributed by atoms with Gasteiger partial charge in [-0.05, 0) is 31.5 Å². The maximum absolute atomic E-state index is 8.86. The summed E-state index contributed by atoms with van der Waals surface area (Å²) in [6, 6.07) is 8.99. The molecule has 0 aliphatic rings. The highest BCUT2D eigenvalue weighted by Crippen LogP contribution is 2.25. The smallest absolute Gasteiger partial charge is 0.224 e. The number of benzene rings is 1. The highest BCUT2D eigenvalue weighted by atomic mass is 16.5. The number of anilines is 1. The van der Waals surface area contributed by atoms with Crippen molar-refractivity contribution < 1.29 is 4.74 Å². The number of nitriles is 1. The van der Waals surface area contributed by atoms with E-state index >= 15 is 0 Å². The quantitative estimate of drug-likeness (QED) is 0.870. The predicted octanol–water partition coefficient (Wildman–Crippen LogP) is 2.34. The van der Waals surface area contributed by atoms with Gasteiger partial charge in [0.25, 0.3) is 0 Å². The van der Waals surface area contributed by atoms with Crippen molar-refractivity contribution in [1.29, 1.82) is 5.26 Å². The van der Waals surface area contributed by atoms with E-state index in [4.69, 9.17) is 15.7 Å². The van der Waals surface area contributed by atoms with Crippen LogP contribution in [0.5, 0.6) is 11.6 Å². The first-order valence-electron chi connectivity index (χ1n) is 5.38. The molecule has 0 saturated carbocycles. The molecule has 1 aromatic heterocycles. The lowest BCUT2D eigenvalue weighted by Crippen LogP contribution is -1.99. The van der Waals surface area contributed by atoms with Gasteiger partial charge in [0.15, 0.2) is 0 Å². The fourth-order valence-corrected chi connectivity index (χ4v) is 1.51. The Balaban J connectivity index is 2.36. The normalized spacial score (nSPS) is 9.83. The van der Waals surface area contributed by atoms with Gasteiger partial charge >= 0.3 is 0 Å². The summed E-state index contributed by atoms with van der Waals surface area (Å²) < 4.78 is 5.63. The molecule has 0 spiro atoms. The molecule has 0 radical (unpaired) electrons. The Bertz CT molecular complexity index is 611. The molecule has 5 nitrogen and oxygen atoms in total. The molecule has 0 amide bonds. The first kappa shape index (κ1) is 11.9. The molecule has 2 aromatic rings. The van der Waals surface area contributed by atoms with Crippen molar-refractivity contribution in [3.8, 4) is 17.7 Å². The lowest BCUT2D eigenvalue weighted by molar-refractivity contribution is 0.458. The second-order valence-electron chi connectivity index (χ2n) is 3.90. The molecule has 1 heterocycles. The predicted molar refractivity (Wildman–Crippen MR) is 67.1 cm³/mol. The van der Waals surface area contributed by atoms with Crippen LogP contribution >= 0.6 is 0 Å². The van der Waals surface area contributed by atoms with Crippen LogP contribution in [0.2, 0.25) is 0 Å². The molecule has 2 rings (SSSR count). The third-order valence-electron chi connectivity index (χ3n) is 2.38. The average Bonchev–Trinajstić information content (AvgIpc) is 2.30. The summed E-state index contributed by atoms with van der Waals surface area (Å²) >= 11 is 0. The molecular weight excluding hydrogens is 228 g/mol. The topological polar surface area (TPSA) is 84.8 Å². The second-order valence-corrected chi connectivity index (χ2v) is 3.90. The number of aryl methyl sites for hydroxylation is 2. The highest BCUT2D eigenvalue weighted by molar-refractivity contribution is 5.43. The van der Waals surface area contributed by atoms with Crippen molar-refractivity contribution in [3.05, 3.63) is 41.1 Å². The van der Waals surface area contributed by atoms with Crippen molar-refractivity contribution in [2.24, 2.45) is 0 Å². The van der Waals surface area contributed by atoms with Crippen LogP contribution in [0.3, 0.4) is 0 Å². The molecule has 0 unspecified atom stereocenters. The Labute approximate surface area is 105 Å². The van der Waals surface area contributed by atoms with Gasteiger partial charge < -0.3 is 10.5 Å². The van der Waals surface area contributed by atoms with E-state index in [-0.39, 0.29) is 5.95 Å². The summed E-state index contributed by atoms with van der Waals surface area (Å²) in [5.74, 6) is 1.13. The van der Waals surface area contributed by atoms with E-state index in [1.165, 1.54) is 0 Å². The van der Waals surface area contributed by atoms with Gasteiger partial charge in [-0.3, -0.25) is 0 Å². The Morgan fingerprint density at radius 3 is 2.67 bits per heavy atom. The molecule has 0 aliphatic carbocycles. The fraction of sp³-hybridized carbons (Fsp3) is 0.154. The molecule has 90 valence electrons. The fourth-order valence-electron chi connectivity index (χ4n) is 1.51. The number of nitrogen functional groups attached to an aromatic ring is 1. The number of nitrogens with two attached hydrogens (primary N) is 1. The van der Waals surface area contributed by atoms with Crippen LogP contribution in [0.1, 0.15) is 16.8 Å². The van der Waals surface area contributed by atoms with Crippen LogP contribution in [0.25, 0.3) is 0 Å². The molecule has 0 saturated heterocycles. The zero-order valence-electron chi connectivity index (χ0n) is 10.1. The van der Waals surface area contributed by atoms with E-state index in [1.807, 2.05) is 19.9 Å². The molecule has 18 heavy (non-hydrogen) atoms. The number of nitrogens with zero attached hydrogens (tertiary/aromatic N) is 3. The monoisotopic (exact) mass is 240 g/mol. The minimum Gasteiger partial charge on any atom is -0.439 e. The number of ether oxygens (including phenoxy) is 1. The van der Waals surface area contributed by atoms with E-state index < -0.39 is 0 Å². The van der Waals surface area contributed by atoms with E-state index in [1.54, 1.807) is 18.2 Å². The minimum absolute atomic E-state index is 0.166. The van der Waals surface area contributed by atoms with Crippen LogP contribution in [0, 0.1) is 25.2 Å². The van der Waals surface area contributed by atoms with Crippen LogP contribution < -0.4 is 10.5 Å². The zero-order valence-corrected chi connectivity index (χ0v) is 10.1. The van der Waals surface area contributed by atoms with E-state index in [0.29, 0.717) is 17.2 Å². The molecule has 5 heteroatoms. The summed E-state index contributed by atoms with van der Waals surface area (Å²) in [6.45, 7) is 3.71. The van der Waals surface area contributed by atoms with Crippen molar-refractivity contribution in [2.45, 2.75) is 13.8 Å². The lowest BCUT2D eigenvalue weighted by Gasteiger charge is -2.08. The van der Waals surface area contributed by atoms with Gasteiger partial charge in [-0.25, -0.2) is 4.98 Å². The van der Waals surface area contributed by atoms with Crippen LogP contribution in [0.15, 0.2) is 24.3 Å². The molecule has 2 N–H and O–H groups in total. The van der Waals surface area contributed by atoms with Gasteiger partial charge in [-0.15, -0.1) is 0 Å². The van der Waals surface area contributed by atoms with Gasteiger partial charge in [-0.2, -0.15) is 10.2 Å². The first-order chi connectivity index (χ1) is 8.58. The minimum atomic E-state index is 0.166. The average molecular weight is 240 g/mol. The Hall–Kier alpha value is -2.61. The maximum Gasteiger partial charge on any atom is 0.224 e. The van der Waals surface area contributed by atoms with Crippen molar-refractivity contribution in [1.82, 2.24) is 9.97 Å². The van der Waals surface area contributed by atoms with Gasteiger partial charge in [0, 0.05) is 11.8 Å². The molecule has 0 fully saturated rings. The number of rotatable bonds is 2. The van der Waals surface area contributed by atoms with Gasteiger partial charge in [0.1, 0.15) is 5.75 Å². The standard InChI is InChI=1S/C13H12N4O/c1-8-3-4-10(7-14)6-11(8)18-12-5-9(2)16-13(15)17-12/h3-6H,1-2H3,(H2,15,16,17). The van der Waals surface area contributed by atoms with Crippen LogP contribution in [-0.2, 0) is 0 Å². The third-order valence-corrected chi connectivity index (χ3v) is 2.38. The Morgan fingerprint density at radius 1 is 1.22 bits per heavy atom. The second kappa shape index (κ2) is 4.72. The van der Waals surface area contributed by atoms with Gasteiger partial charge in [0.2, 0.25) is 11.8 Å². The lowest BCUT2D eigenvalue weighted by atomic mass is 10.1. The van der Waals surface area contributed by atoms with E-state index in [0.717, 1.165) is 11.3 Å². The van der Waals surface area contributed by atoms with Gasteiger partial charge in [-0.1, -0.05) is 6.07 Å². The SMILES string of the molecule is Cc1cc(Oc2cc(C#N)ccc2C)nc(N)n1. The molecule has 1 aromatic carbocycles. The largest absolute Gasteiger partial charge is 0.439 e. The van der Waals surface area contributed by atoms with Crippen LogP contribution in [0.4, 0.5) is 5.95 Å². The van der Waals surface area contributed by atoms with Gasteiger partial charge in [0.05, 0.1) is 11.6 Å². The van der Waals surface area contributed by atoms with Crippen LogP contribution in [-0.4, -0.2) is 9.97 Å². The summed E-state index contributed by atoms with van der Waals surface area (Å²) in [5.41, 5.74) is 7.74. The van der Waals surface area contributed by atoms with E-state index in [9.17, 15) is 0 Å². The summed E-state index contributed by atoms with van der Waals surface area (Å²) in [5, 5.41) is 8.86. The van der Waals surface area contributed by atoms with Crippen molar-refractivity contribution >= 4 is 5.95 Å². The third kappa shape index (κ3) is 2.55. The molecular formula is C13H12N4O. The number of hydrogen-bond donors (Lipinski definition) is 1. The molecule has 0 aliphatic heterocycles. The van der Waals surface area contributed by atoms with Crippen molar-refractivity contribution in [2.75, 3.05) is 5.73 Å². The van der Waals surface area contributed by atoms with Crippen molar-refractivity contribution in [3.63, 3.8) is 0 Å². The zero-order chi connectivity index (χ0) is 13.1. The summed E-state index contributed by atoms with van der Waals surface area (Å²) in [7, 11) is 0. The van der Waals surface area contributed by atoms with E-state index in [2.05, 4.69) is 16.0 Å². The first-order valence-corrected chi connectivity index (χ1v) is 5.38. The molecule has 0 bridgehead atoms. The maximum atomic E-state index is 8.86. The number of aromatic nitrogens is 2. The summed E-state index contributed by atoms with van der Waals surface area (Å²) in [4.78, 5) is 7.95. The highest BCUT2D eigenvalue weighted by Gasteiger charge is 2.06. The number of hydrogen-bond acceptors (Lipinski definition) is 5. The summed E-state index contributed by atoms with van der Waals surface area (Å²) in [6.07, 6.45) is 0.